The molecule has 0 radical (unpaired) electrons. The third-order valence-corrected chi connectivity index (χ3v) is 5.01. The van der Waals surface area contributed by atoms with Gasteiger partial charge in [0.15, 0.2) is 11.5 Å². The third kappa shape index (κ3) is 5.52. The van der Waals surface area contributed by atoms with Gasteiger partial charge in [0.25, 0.3) is 0 Å². The van der Waals surface area contributed by atoms with Crippen molar-refractivity contribution in [3.05, 3.63) is 57.3 Å². The molecule has 3 aromatic rings. The Morgan fingerprint density at radius 1 is 1.17 bits per heavy atom. The number of hydrogen-bond donors (Lipinski definition) is 1. The van der Waals surface area contributed by atoms with Crippen molar-refractivity contribution in [3.63, 3.8) is 0 Å². The molecule has 1 aromatic heterocycles. The van der Waals surface area contributed by atoms with E-state index in [9.17, 15) is 4.39 Å². The van der Waals surface area contributed by atoms with Crippen molar-refractivity contribution >= 4 is 29.2 Å². The molecule has 0 saturated heterocycles. The van der Waals surface area contributed by atoms with Crippen LogP contribution in [0.5, 0.6) is 11.5 Å². The minimum Gasteiger partial charge on any atom is -0.493 e. The van der Waals surface area contributed by atoms with E-state index < -0.39 is 5.82 Å². The Labute approximate surface area is 184 Å². The lowest BCUT2D eigenvalue weighted by Gasteiger charge is -2.15. The highest BCUT2D eigenvalue weighted by Crippen LogP contribution is 2.37. The van der Waals surface area contributed by atoms with Crippen molar-refractivity contribution in [1.82, 2.24) is 20.2 Å². The topological polar surface area (TPSA) is 74.1 Å². The van der Waals surface area contributed by atoms with Crippen LogP contribution in [0, 0.1) is 5.82 Å². The number of tetrazole rings is 1. The van der Waals surface area contributed by atoms with Crippen molar-refractivity contribution in [2.24, 2.45) is 0 Å². The van der Waals surface area contributed by atoms with E-state index >= 15 is 0 Å². The number of aromatic nitrogens is 4. The monoisotopic (exact) mass is 453 g/mol. The van der Waals surface area contributed by atoms with Gasteiger partial charge in [0.1, 0.15) is 12.4 Å². The summed E-state index contributed by atoms with van der Waals surface area (Å²) in [4.78, 5) is 0. The van der Waals surface area contributed by atoms with Gasteiger partial charge < -0.3 is 14.8 Å². The number of unbranched alkanes of at least 4 members (excludes halogenated alkanes) is 1. The zero-order chi connectivity index (χ0) is 21.5. The highest BCUT2D eigenvalue weighted by atomic mass is 35.5. The molecule has 1 heterocycles. The fourth-order valence-electron chi connectivity index (χ4n) is 2.77. The zero-order valence-electron chi connectivity index (χ0n) is 16.7. The fourth-order valence-corrected chi connectivity index (χ4v) is 3.28. The summed E-state index contributed by atoms with van der Waals surface area (Å²) < 4.78 is 26.2. The van der Waals surface area contributed by atoms with Gasteiger partial charge in [0.05, 0.1) is 17.2 Å². The number of anilines is 1. The van der Waals surface area contributed by atoms with Crippen LogP contribution in [0.2, 0.25) is 10.0 Å². The maximum absolute atomic E-state index is 13.2. The largest absolute Gasteiger partial charge is 0.493 e. The van der Waals surface area contributed by atoms with Gasteiger partial charge >= 0.3 is 0 Å². The van der Waals surface area contributed by atoms with Gasteiger partial charge in [-0.05, 0) is 46.7 Å². The second kappa shape index (κ2) is 10.4. The van der Waals surface area contributed by atoms with Crippen LogP contribution < -0.4 is 14.8 Å². The third-order valence-electron chi connectivity index (χ3n) is 4.38. The molecular formula is C20H22Cl2FN5O2. The van der Waals surface area contributed by atoms with E-state index in [1.54, 1.807) is 16.8 Å². The molecule has 160 valence electrons. The van der Waals surface area contributed by atoms with Gasteiger partial charge in [-0.2, -0.15) is 0 Å². The van der Waals surface area contributed by atoms with E-state index in [0.717, 1.165) is 24.9 Å². The van der Waals surface area contributed by atoms with Crippen molar-refractivity contribution < 1.29 is 13.9 Å². The summed E-state index contributed by atoms with van der Waals surface area (Å²) >= 11 is 12.5. The molecule has 0 unspecified atom stereocenters. The molecule has 7 nitrogen and oxygen atoms in total. The van der Waals surface area contributed by atoms with E-state index in [-0.39, 0.29) is 11.6 Å². The van der Waals surface area contributed by atoms with E-state index in [1.807, 2.05) is 6.07 Å². The quantitative estimate of drug-likeness (QED) is 0.459. The molecule has 2 aromatic carbocycles. The average molecular weight is 454 g/mol. The number of ether oxygens (including phenoxy) is 2. The Bertz CT molecular complexity index is 999. The van der Waals surface area contributed by atoms with E-state index in [0.29, 0.717) is 34.6 Å². The fraction of sp³-hybridized carbons (Fsp3) is 0.350. The number of aryl methyl sites for hydroxylation is 1. The van der Waals surface area contributed by atoms with Gasteiger partial charge in [-0.1, -0.05) is 47.7 Å². The summed E-state index contributed by atoms with van der Waals surface area (Å²) in [5.74, 6) is 1.04. The van der Waals surface area contributed by atoms with Crippen LogP contribution in [-0.4, -0.2) is 27.3 Å². The maximum Gasteiger partial charge on any atom is 0.243 e. The second-order valence-electron chi connectivity index (χ2n) is 6.57. The minimum atomic E-state index is -0.406. The SMILES string of the molecule is CCCCn1nnnc1NCc1cc(Cl)c(OCc2ccc(F)cc2Cl)c(OC)c1. The molecule has 10 heteroatoms. The van der Waals surface area contributed by atoms with Gasteiger partial charge in [0.2, 0.25) is 5.95 Å². The van der Waals surface area contributed by atoms with Crippen LogP contribution in [0.3, 0.4) is 0 Å². The van der Waals surface area contributed by atoms with Crippen LogP contribution in [0.25, 0.3) is 0 Å². The van der Waals surface area contributed by atoms with Crippen molar-refractivity contribution in [2.45, 2.75) is 39.5 Å². The first-order valence-corrected chi connectivity index (χ1v) is 10.2. The van der Waals surface area contributed by atoms with Gasteiger partial charge in [0, 0.05) is 18.7 Å². The standard InChI is InChI=1S/C20H22Cl2FN5O2/c1-3-4-7-28-20(25-26-27-28)24-11-13-8-17(22)19(18(9-13)29-2)30-12-14-5-6-15(23)10-16(14)21/h5-6,8-10H,3-4,7,11-12H2,1-2H3,(H,24,25,27). The van der Waals surface area contributed by atoms with Crippen molar-refractivity contribution in [2.75, 3.05) is 12.4 Å². The summed E-state index contributed by atoms with van der Waals surface area (Å²) in [5.41, 5.74) is 1.51. The molecule has 0 fully saturated rings. The molecule has 0 saturated carbocycles. The summed E-state index contributed by atoms with van der Waals surface area (Å²) in [6.07, 6.45) is 2.04. The summed E-state index contributed by atoms with van der Waals surface area (Å²) in [6.45, 7) is 3.43. The van der Waals surface area contributed by atoms with E-state index in [4.69, 9.17) is 32.7 Å². The Kier molecular flexibility index (Phi) is 7.70. The number of rotatable bonds is 10. The predicted octanol–water partition coefficient (Wildman–Crippen LogP) is 5.12. The Morgan fingerprint density at radius 3 is 2.73 bits per heavy atom. The van der Waals surface area contributed by atoms with Crippen molar-refractivity contribution in [1.29, 1.82) is 0 Å². The van der Waals surface area contributed by atoms with Crippen LogP contribution in [0.4, 0.5) is 10.3 Å². The molecular weight excluding hydrogens is 432 g/mol. The molecule has 0 aliphatic carbocycles. The second-order valence-corrected chi connectivity index (χ2v) is 7.38. The van der Waals surface area contributed by atoms with Crippen LogP contribution in [-0.2, 0) is 19.7 Å². The van der Waals surface area contributed by atoms with Crippen LogP contribution >= 0.6 is 23.2 Å². The molecule has 0 bridgehead atoms. The highest BCUT2D eigenvalue weighted by molar-refractivity contribution is 6.32. The number of methoxy groups -OCH3 is 1. The first kappa shape index (κ1) is 22.1. The Hall–Kier alpha value is -2.58. The number of nitrogens with one attached hydrogen (secondary N) is 1. The number of nitrogens with zero attached hydrogens (tertiary/aromatic N) is 4. The zero-order valence-corrected chi connectivity index (χ0v) is 18.2. The maximum atomic E-state index is 13.2. The van der Waals surface area contributed by atoms with Gasteiger partial charge in [-0.3, -0.25) is 0 Å². The van der Waals surface area contributed by atoms with E-state index in [2.05, 4.69) is 27.8 Å². The molecule has 0 spiro atoms. The number of hydrogen-bond acceptors (Lipinski definition) is 6. The minimum absolute atomic E-state index is 0.124. The normalized spacial score (nSPS) is 10.8. The molecule has 0 atom stereocenters. The van der Waals surface area contributed by atoms with Gasteiger partial charge in [-0.25, -0.2) is 9.07 Å². The Morgan fingerprint density at radius 2 is 2.00 bits per heavy atom. The predicted molar refractivity (Wildman–Crippen MR) is 114 cm³/mol. The molecule has 0 aliphatic rings. The molecule has 0 aliphatic heterocycles. The lowest BCUT2D eigenvalue weighted by Crippen LogP contribution is -2.09. The van der Waals surface area contributed by atoms with Crippen molar-refractivity contribution in [3.8, 4) is 11.5 Å². The lowest BCUT2D eigenvalue weighted by atomic mass is 10.2. The van der Waals surface area contributed by atoms with Crippen LogP contribution in [0.1, 0.15) is 30.9 Å². The summed E-state index contributed by atoms with van der Waals surface area (Å²) in [5, 5.41) is 15.6. The summed E-state index contributed by atoms with van der Waals surface area (Å²) in [6, 6.07) is 7.73. The smallest absolute Gasteiger partial charge is 0.243 e. The molecule has 1 N–H and O–H groups in total. The summed E-state index contributed by atoms with van der Waals surface area (Å²) in [7, 11) is 1.53. The highest BCUT2D eigenvalue weighted by Gasteiger charge is 2.14. The molecule has 30 heavy (non-hydrogen) atoms. The Balaban J connectivity index is 1.70. The lowest BCUT2D eigenvalue weighted by molar-refractivity contribution is 0.284. The van der Waals surface area contributed by atoms with Gasteiger partial charge in [-0.15, -0.1) is 0 Å². The number of halogens is 3. The average Bonchev–Trinajstić information content (AvgIpc) is 3.18. The number of benzene rings is 2. The van der Waals surface area contributed by atoms with Crippen LogP contribution in [0.15, 0.2) is 30.3 Å². The first-order valence-electron chi connectivity index (χ1n) is 9.45. The molecule has 3 rings (SSSR count). The van der Waals surface area contributed by atoms with E-state index in [1.165, 1.54) is 19.2 Å². The first-order chi connectivity index (χ1) is 14.5. The molecule has 0 amide bonds.